The molecule has 3 heterocycles. The third kappa shape index (κ3) is 5.72. The van der Waals surface area contributed by atoms with Crippen LogP contribution in [0.2, 0.25) is 0 Å². The zero-order valence-electron chi connectivity index (χ0n) is 18.0. The van der Waals surface area contributed by atoms with Gasteiger partial charge < -0.3 is 19.4 Å². The summed E-state index contributed by atoms with van der Waals surface area (Å²) in [6.07, 6.45) is 3.48. The number of thiazole rings is 1. The van der Waals surface area contributed by atoms with Crippen molar-refractivity contribution in [2.24, 2.45) is 0 Å². The van der Waals surface area contributed by atoms with E-state index >= 15 is 0 Å². The lowest BCUT2D eigenvalue weighted by atomic mass is 10.2. The molecule has 0 radical (unpaired) electrons. The molecule has 2 aliphatic heterocycles. The number of amides is 3. The predicted molar refractivity (Wildman–Crippen MR) is 120 cm³/mol. The van der Waals surface area contributed by atoms with Crippen molar-refractivity contribution < 1.29 is 19.1 Å². The molecule has 0 saturated carbocycles. The molecular formula is C23H28N4O4S. The largest absolute Gasteiger partial charge is 0.370 e. The number of carbonyl (C=O) groups excluding carboxylic acids is 3. The van der Waals surface area contributed by atoms with Gasteiger partial charge in [0.1, 0.15) is 11.4 Å². The number of likely N-dealkylation sites (tertiary alicyclic amines) is 1. The minimum Gasteiger partial charge on any atom is -0.370 e. The molecule has 8 nitrogen and oxygen atoms in total. The van der Waals surface area contributed by atoms with Crippen LogP contribution >= 0.6 is 11.3 Å². The normalized spacial score (nSPS) is 19.5. The highest BCUT2D eigenvalue weighted by Crippen LogP contribution is 2.17. The Balaban J connectivity index is 1.41. The van der Waals surface area contributed by atoms with Crippen LogP contribution in [0.5, 0.6) is 0 Å². The first kappa shape index (κ1) is 22.4. The van der Waals surface area contributed by atoms with Crippen LogP contribution in [-0.4, -0.2) is 82.8 Å². The van der Waals surface area contributed by atoms with E-state index in [-0.39, 0.29) is 30.4 Å². The summed E-state index contributed by atoms with van der Waals surface area (Å²) in [5.41, 5.74) is 2.66. The molecule has 0 N–H and O–H groups in total. The van der Waals surface area contributed by atoms with Crippen LogP contribution in [-0.2, 0) is 20.9 Å². The molecule has 9 heteroatoms. The summed E-state index contributed by atoms with van der Waals surface area (Å²) >= 11 is 1.27. The number of hydrogen-bond acceptors (Lipinski definition) is 6. The average Bonchev–Trinajstić information content (AvgIpc) is 3.45. The zero-order valence-corrected chi connectivity index (χ0v) is 18.8. The lowest BCUT2D eigenvalue weighted by Crippen LogP contribution is -2.40. The number of carbonyl (C=O) groups is 3. The second kappa shape index (κ2) is 10.7. The van der Waals surface area contributed by atoms with Crippen molar-refractivity contribution in [2.45, 2.75) is 32.0 Å². The van der Waals surface area contributed by atoms with Crippen molar-refractivity contribution in [3.05, 3.63) is 52.5 Å². The summed E-state index contributed by atoms with van der Waals surface area (Å²) in [5, 5.41) is 0. The average molecular weight is 457 g/mol. The number of ether oxygens (including phenoxy) is 1. The summed E-state index contributed by atoms with van der Waals surface area (Å²) < 4.78 is 6.16. The smallest absolute Gasteiger partial charge is 0.266 e. The van der Waals surface area contributed by atoms with E-state index in [1.807, 2.05) is 35.2 Å². The van der Waals surface area contributed by atoms with Crippen LogP contribution in [0.25, 0.3) is 0 Å². The van der Waals surface area contributed by atoms with Crippen LogP contribution in [0.3, 0.4) is 0 Å². The molecule has 170 valence electrons. The molecular weight excluding hydrogens is 428 g/mol. The standard InChI is InChI=1S/C23H28N4O4S/c28-21-8-4-9-25(21)10-5-11-26-13-19(31-16-18-6-2-1-3-7-18)14-27(15-22(26)29)23(30)20-12-24-17-32-20/h1-3,6-7,12,17,19H,4-5,8-11,13-16H2/t19-/m0/s1. The SMILES string of the molecule is O=C1CCCN1CCCN1C[C@H](OCc2ccccc2)CN(C(=O)c2cncs2)CC1=O. The molecule has 1 aromatic carbocycles. The van der Waals surface area contributed by atoms with Crippen LogP contribution in [0.4, 0.5) is 0 Å². The quantitative estimate of drug-likeness (QED) is 0.607. The van der Waals surface area contributed by atoms with Gasteiger partial charge >= 0.3 is 0 Å². The molecule has 1 atom stereocenters. The molecule has 1 aromatic heterocycles. The first-order chi connectivity index (χ1) is 15.6. The van der Waals surface area contributed by atoms with Crippen molar-refractivity contribution in [3.63, 3.8) is 0 Å². The van der Waals surface area contributed by atoms with E-state index in [0.29, 0.717) is 50.5 Å². The maximum absolute atomic E-state index is 13.0. The van der Waals surface area contributed by atoms with E-state index in [2.05, 4.69) is 4.98 Å². The highest BCUT2D eigenvalue weighted by Gasteiger charge is 2.32. The third-order valence-electron chi connectivity index (χ3n) is 5.81. The van der Waals surface area contributed by atoms with Gasteiger partial charge in [-0.1, -0.05) is 30.3 Å². The Kier molecular flexibility index (Phi) is 7.49. The maximum Gasteiger partial charge on any atom is 0.266 e. The van der Waals surface area contributed by atoms with Crippen LogP contribution in [0.1, 0.15) is 34.5 Å². The molecule has 2 aliphatic rings. The minimum absolute atomic E-state index is 0.0184. The summed E-state index contributed by atoms with van der Waals surface area (Å²) in [5.74, 6) is -0.0994. The van der Waals surface area contributed by atoms with Gasteiger partial charge in [-0.15, -0.1) is 11.3 Å². The number of nitrogens with zero attached hydrogens (tertiary/aromatic N) is 4. The number of hydrogen-bond donors (Lipinski definition) is 0. The summed E-state index contributed by atoms with van der Waals surface area (Å²) in [6.45, 7) is 3.19. The highest BCUT2D eigenvalue weighted by atomic mass is 32.1. The van der Waals surface area contributed by atoms with Gasteiger partial charge in [0.05, 0.1) is 24.4 Å². The van der Waals surface area contributed by atoms with Crippen molar-refractivity contribution in [1.29, 1.82) is 0 Å². The maximum atomic E-state index is 13.0. The number of aromatic nitrogens is 1. The van der Waals surface area contributed by atoms with Gasteiger partial charge in [-0.05, 0) is 18.4 Å². The van der Waals surface area contributed by atoms with Gasteiger partial charge in [0.15, 0.2) is 0 Å². The van der Waals surface area contributed by atoms with Gasteiger partial charge in [-0.3, -0.25) is 19.4 Å². The second-order valence-corrected chi connectivity index (χ2v) is 9.03. The van der Waals surface area contributed by atoms with Crippen LogP contribution < -0.4 is 0 Å². The van der Waals surface area contributed by atoms with Gasteiger partial charge in [0.2, 0.25) is 11.8 Å². The Morgan fingerprint density at radius 3 is 2.62 bits per heavy atom. The zero-order chi connectivity index (χ0) is 22.3. The minimum atomic E-state index is -0.299. The highest BCUT2D eigenvalue weighted by molar-refractivity contribution is 7.11. The second-order valence-electron chi connectivity index (χ2n) is 8.15. The van der Waals surface area contributed by atoms with E-state index in [0.717, 1.165) is 18.5 Å². The third-order valence-corrected chi connectivity index (χ3v) is 6.57. The molecule has 0 bridgehead atoms. The van der Waals surface area contributed by atoms with Crippen LogP contribution in [0, 0.1) is 0 Å². The molecule has 0 unspecified atom stereocenters. The molecule has 2 saturated heterocycles. The lowest BCUT2D eigenvalue weighted by Gasteiger charge is -2.25. The topological polar surface area (TPSA) is 83.1 Å². The molecule has 32 heavy (non-hydrogen) atoms. The molecule has 2 fully saturated rings. The fourth-order valence-corrected chi connectivity index (χ4v) is 4.70. The van der Waals surface area contributed by atoms with E-state index in [1.54, 1.807) is 15.3 Å². The molecule has 2 aromatic rings. The van der Waals surface area contributed by atoms with E-state index in [1.165, 1.54) is 17.5 Å². The van der Waals surface area contributed by atoms with Crippen LogP contribution in [0.15, 0.2) is 42.0 Å². The Hall–Kier alpha value is -2.78. The fourth-order valence-electron chi connectivity index (χ4n) is 4.11. The number of rotatable bonds is 8. The summed E-state index contributed by atoms with van der Waals surface area (Å²) in [7, 11) is 0. The molecule has 3 amide bonds. The van der Waals surface area contributed by atoms with Crippen molar-refractivity contribution in [1.82, 2.24) is 19.7 Å². The van der Waals surface area contributed by atoms with Gasteiger partial charge in [-0.25, -0.2) is 0 Å². The van der Waals surface area contributed by atoms with E-state index in [4.69, 9.17) is 4.74 Å². The number of benzene rings is 1. The molecule has 0 aliphatic carbocycles. The Morgan fingerprint density at radius 1 is 1.09 bits per heavy atom. The Morgan fingerprint density at radius 2 is 1.91 bits per heavy atom. The van der Waals surface area contributed by atoms with Gasteiger partial charge in [0, 0.05) is 39.1 Å². The fraction of sp³-hybridized carbons (Fsp3) is 0.478. The van der Waals surface area contributed by atoms with Crippen molar-refractivity contribution in [2.75, 3.05) is 39.3 Å². The Bertz CT molecular complexity index is 921. The van der Waals surface area contributed by atoms with E-state index < -0.39 is 0 Å². The monoisotopic (exact) mass is 456 g/mol. The summed E-state index contributed by atoms with van der Waals surface area (Å²) in [6, 6.07) is 9.86. The molecule has 4 rings (SSSR count). The Labute approximate surface area is 191 Å². The van der Waals surface area contributed by atoms with E-state index in [9.17, 15) is 14.4 Å². The van der Waals surface area contributed by atoms with Crippen molar-refractivity contribution in [3.8, 4) is 0 Å². The molecule has 0 spiro atoms. The van der Waals surface area contributed by atoms with Crippen molar-refractivity contribution >= 4 is 29.1 Å². The predicted octanol–water partition coefficient (Wildman–Crippen LogP) is 2.03. The van der Waals surface area contributed by atoms with Gasteiger partial charge in [-0.2, -0.15) is 0 Å². The first-order valence-electron chi connectivity index (χ1n) is 11.0. The van der Waals surface area contributed by atoms with Gasteiger partial charge in [0.25, 0.3) is 5.91 Å². The summed E-state index contributed by atoms with van der Waals surface area (Å²) in [4.78, 5) is 47.5. The lowest BCUT2D eigenvalue weighted by molar-refractivity contribution is -0.131. The first-order valence-corrected chi connectivity index (χ1v) is 11.9.